The number of carbonyl (C=O) groups is 1. The number of ether oxygens (including phenoxy) is 1. The Morgan fingerprint density at radius 3 is 2.17 bits per heavy atom. The van der Waals surface area contributed by atoms with Gasteiger partial charge in [0.15, 0.2) is 0 Å². The summed E-state index contributed by atoms with van der Waals surface area (Å²) in [6, 6.07) is 18.8. The number of hydrogen-bond donors (Lipinski definition) is 1. The molecule has 0 saturated heterocycles. The molecule has 2 aromatic carbocycles. The molecule has 1 amide bonds. The van der Waals surface area contributed by atoms with Gasteiger partial charge in [-0.3, -0.25) is 4.79 Å². The largest absolute Gasteiger partial charge is 0.485 e. The third kappa shape index (κ3) is 4.93. The van der Waals surface area contributed by atoms with Crippen molar-refractivity contribution in [2.75, 3.05) is 0 Å². The van der Waals surface area contributed by atoms with Gasteiger partial charge in [0, 0.05) is 4.88 Å². The zero-order chi connectivity index (χ0) is 22.1. The summed E-state index contributed by atoms with van der Waals surface area (Å²) in [6.07, 6.45) is -0.126. The Kier molecular flexibility index (Phi) is 6.37. The molecule has 30 heavy (non-hydrogen) atoms. The first-order valence-corrected chi connectivity index (χ1v) is 11.2. The van der Waals surface area contributed by atoms with Crippen LogP contribution in [0.25, 0.3) is 11.1 Å². The number of hydrogen-bond acceptors (Lipinski definition) is 3. The minimum absolute atomic E-state index is 0.126. The Morgan fingerprint density at radius 1 is 1.00 bits per heavy atom. The van der Waals surface area contributed by atoms with Gasteiger partial charge in [0.25, 0.3) is 5.91 Å². The van der Waals surface area contributed by atoms with Crippen LogP contribution >= 0.6 is 11.3 Å². The number of aryl methyl sites for hydroxylation is 1. The quantitative estimate of drug-likeness (QED) is 0.471. The van der Waals surface area contributed by atoms with Crippen molar-refractivity contribution in [1.82, 2.24) is 0 Å². The lowest BCUT2D eigenvalue weighted by Crippen LogP contribution is -2.13. The summed E-state index contributed by atoms with van der Waals surface area (Å²) in [5.74, 6) is 0.691. The molecule has 0 aliphatic carbocycles. The van der Waals surface area contributed by atoms with Gasteiger partial charge in [-0.25, -0.2) is 0 Å². The van der Waals surface area contributed by atoms with Crippen molar-refractivity contribution in [3.63, 3.8) is 0 Å². The second kappa shape index (κ2) is 8.65. The van der Waals surface area contributed by atoms with E-state index in [2.05, 4.69) is 77.9 Å². The van der Waals surface area contributed by atoms with E-state index >= 15 is 0 Å². The highest BCUT2D eigenvalue weighted by molar-refractivity contribution is 7.14. The molecule has 0 saturated carbocycles. The Balaban J connectivity index is 1.83. The molecule has 0 aliphatic heterocycles. The third-order valence-electron chi connectivity index (χ3n) is 5.28. The predicted molar refractivity (Wildman–Crippen MR) is 126 cm³/mol. The Labute approximate surface area is 183 Å². The highest BCUT2D eigenvalue weighted by Gasteiger charge is 2.21. The minimum atomic E-state index is -0.397. The minimum Gasteiger partial charge on any atom is -0.485 e. The molecular formula is C26H31NO2S. The lowest BCUT2D eigenvalue weighted by atomic mass is 9.86. The van der Waals surface area contributed by atoms with Crippen molar-refractivity contribution in [3.05, 3.63) is 75.5 Å². The van der Waals surface area contributed by atoms with Gasteiger partial charge in [0.2, 0.25) is 0 Å². The van der Waals surface area contributed by atoms with E-state index in [1.54, 1.807) is 6.07 Å². The van der Waals surface area contributed by atoms with Crippen LogP contribution in [0.2, 0.25) is 0 Å². The van der Waals surface area contributed by atoms with Crippen LogP contribution in [0, 0.1) is 12.8 Å². The second-order valence-electron chi connectivity index (χ2n) is 9.15. The maximum Gasteiger partial charge on any atom is 0.258 e. The molecule has 4 heteroatoms. The first-order chi connectivity index (χ1) is 14.1. The second-order valence-corrected chi connectivity index (χ2v) is 10.3. The fraction of sp³-hybridized carbons (Fsp3) is 0.346. The molecule has 3 nitrogen and oxygen atoms in total. The van der Waals surface area contributed by atoms with E-state index in [-0.39, 0.29) is 17.4 Å². The van der Waals surface area contributed by atoms with E-state index in [1.165, 1.54) is 33.6 Å². The topological polar surface area (TPSA) is 52.3 Å². The van der Waals surface area contributed by atoms with Crippen LogP contribution in [0.3, 0.4) is 0 Å². The molecule has 1 heterocycles. The van der Waals surface area contributed by atoms with Crippen molar-refractivity contribution in [2.24, 2.45) is 11.7 Å². The maximum absolute atomic E-state index is 11.4. The molecule has 0 spiro atoms. The summed E-state index contributed by atoms with van der Waals surface area (Å²) in [5, 5.41) is 0. The zero-order valence-corrected chi connectivity index (χ0v) is 19.5. The van der Waals surface area contributed by atoms with Crippen LogP contribution in [-0.2, 0) is 5.41 Å². The van der Waals surface area contributed by atoms with E-state index in [1.807, 2.05) is 12.1 Å². The van der Waals surface area contributed by atoms with Crippen LogP contribution in [0.4, 0.5) is 0 Å². The SMILES string of the molecule is Cc1cc(OC(c2ccc(C(N)=O)s2)C(C)C)ccc1-c1ccc(C(C)(C)C)cc1. The number of benzene rings is 2. The van der Waals surface area contributed by atoms with Crippen LogP contribution in [0.15, 0.2) is 54.6 Å². The van der Waals surface area contributed by atoms with Crippen LogP contribution < -0.4 is 10.5 Å². The van der Waals surface area contributed by atoms with Crippen LogP contribution in [0.1, 0.15) is 66.4 Å². The summed E-state index contributed by atoms with van der Waals surface area (Å²) in [5.41, 5.74) is 10.5. The van der Waals surface area contributed by atoms with E-state index in [4.69, 9.17) is 10.5 Å². The lowest BCUT2D eigenvalue weighted by molar-refractivity contribution is 0.100. The first-order valence-electron chi connectivity index (χ1n) is 10.3. The molecule has 0 fully saturated rings. The molecule has 1 aromatic heterocycles. The molecule has 2 N–H and O–H groups in total. The van der Waals surface area contributed by atoms with Gasteiger partial charge in [-0.15, -0.1) is 11.3 Å². The smallest absolute Gasteiger partial charge is 0.258 e. The molecule has 0 aliphatic rings. The fourth-order valence-electron chi connectivity index (χ4n) is 3.49. The van der Waals surface area contributed by atoms with E-state index in [0.717, 1.165) is 10.6 Å². The van der Waals surface area contributed by atoms with Crippen molar-refractivity contribution in [3.8, 4) is 16.9 Å². The van der Waals surface area contributed by atoms with Crippen molar-refractivity contribution < 1.29 is 9.53 Å². The molecule has 0 bridgehead atoms. The van der Waals surface area contributed by atoms with Crippen molar-refractivity contribution >= 4 is 17.2 Å². The van der Waals surface area contributed by atoms with Gasteiger partial charge in [0.1, 0.15) is 11.9 Å². The number of primary amides is 1. The molecule has 1 atom stereocenters. The lowest BCUT2D eigenvalue weighted by Gasteiger charge is -2.22. The molecule has 0 radical (unpaired) electrons. The monoisotopic (exact) mass is 421 g/mol. The van der Waals surface area contributed by atoms with Gasteiger partial charge in [0.05, 0.1) is 4.88 Å². The van der Waals surface area contributed by atoms with Gasteiger partial charge in [-0.2, -0.15) is 0 Å². The van der Waals surface area contributed by atoms with Gasteiger partial charge in [-0.1, -0.05) is 65.0 Å². The van der Waals surface area contributed by atoms with E-state index in [0.29, 0.717) is 4.88 Å². The first kappa shape index (κ1) is 22.1. The maximum atomic E-state index is 11.4. The highest BCUT2D eigenvalue weighted by atomic mass is 32.1. The standard InChI is InChI=1S/C26H31NO2S/c1-16(2)24(22-13-14-23(30-22)25(27)28)29-20-11-12-21(17(3)15-20)18-7-9-19(10-8-18)26(4,5)6/h7-16,24H,1-6H3,(H2,27,28). The number of carbonyl (C=O) groups excluding carboxylic acids is 1. The summed E-state index contributed by atoms with van der Waals surface area (Å²) >= 11 is 1.40. The normalized spacial score (nSPS) is 12.8. The van der Waals surface area contributed by atoms with Crippen molar-refractivity contribution in [1.29, 1.82) is 0 Å². The Morgan fingerprint density at radius 2 is 1.67 bits per heavy atom. The summed E-state index contributed by atoms with van der Waals surface area (Å²) in [6.45, 7) is 13.0. The number of thiophene rings is 1. The average molecular weight is 422 g/mol. The molecule has 158 valence electrons. The predicted octanol–water partition coefficient (Wildman–Crippen LogP) is 6.90. The average Bonchev–Trinajstić information content (AvgIpc) is 3.15. The summed E-state index contributed by atoms with van der Waals surface area (Å²) < 4.78 is 6.35. The highest BCUT2D eigenvalue weighted by Crippen LogP contribution is 2.35. The van der Waals surface area contributed by atoms with Crippen molar-refractivity contribution in [2.45, 2.75) is 53.1 Å². The third-order valence-corrected chi connectivity index (χ3v) is 6.44. The zero-order valence-electron chi connectivity index (χ0n) is 18.7. The Bertz CT molecular complexity index is 1030. The molecule has 3 aromatic rings. The summed E-state index contributed by atoms with van der Waals surface area (Å²) in [4.78, 5) is 13.0. The molecule has 3 rings (SSSR count). The molecular weight excluding hydrogens is 390 g/mol. The number of nitrogens with two attached hydrogens (primary N) is 1. The van der Waals surface area contributed by atoms with Crippen LogP contribution in [-0.4, -0.2) is 5.91 Å². The van der Waals surface area contributed by atoms with E-state index in [9.17, 15) is 4.79 Å². The number of amides is 1. The van der Waals surface area contributed by atoms with Gasteiger partial charge >= 0.3 is 0 Å². The van der Waals surface area contributed by atoms with Gasteiger partial charge < -0.3 is 10.5 Å². The Hall–Kier alpha value is -2.59. The summed E-state index contributed by atoms with van der Waals surface area (Å²) in [7, 11) is 0. The fourth-order valence-corrected chi connectivity index (χ4v) is 4.55. The van der Waals surface area contributed by atoms with Gasteiger partial charge in [-0.05, 0) is 64.8 Å². The molecule has 1 unspecified atom stereocenters. The van der Waals surface area contributed by atoms with Crippen LogP contribution in [0.5, 0.6) is 5.75 Å². The number of rotatable bonds is 6. The van der Waals surface area contributed by atoms with E-state index < -0.39 is 5.91 Å².